The molecule has 5 nitrogen and oxygen atoms in total. The number of aliphatic hydroxyl groups excluding tert-OH is 1. The Morgan fingerprint density at radius 1 is 1.33 bits per heavy atom. The minimum absolute atomic E-state index is 0.0624. The molecule has 5 heteroatoms. The Bertz CT molecular complexity index is 527. The minimum atomic E-state index is -0.271. The molecule has 1 aromatic carbocycles. The second-order valence-corrected chi connectivity index (χ2v) is 7.43. The van der Waals surface area contributed by atoms with E-state index in [1.807, 2.05) is 6.07 Å². The van der Waals surface area contributed by atoms with Crippen molar-refractivity contribution in [2.75, 3.05) is 46.9 Å². The molecule has 2 aliphatic rings. The van der Waals surface area contributed by atoms with Gasteiger partial charge in [0, 0.05) is 32.6 Å². The van der Waals surface area contributed by atoms with E-state index in [1.54, 1.807) is 0 Å². The summed E-state index contributed by atoms with van der Waals surface area (Å²) in [5.41, 5.74) is 1.23. The molecule has 0 unspecified atom stereocenters. The van der Waals surface area contributed by atoms with Crippen molar-refractivity contribution in [3.63, 3.8) is 0 Å². The van der Waals surface area contributed by atoms with Crippen molar-refractivity contribution in [2.45, 2.75) is 37.5 Å². The lowest BCUT2D eigenvalue weighted by Crippen LogP contribution is -2.43. The van der Waals surface area contributed by atoms with Crippen LogP contribution in [0.5, 0.6) is 5.75 Å². The molecule has 3 rings (SSSR count). The van der Waals surface area contributed by atoms with Gasteiger partial charge in [-0.1, -0.05) is 12.1 Å². The highest BCUT2D eigenvalue weighted by molar-refractivity contribution is 5.28. The molecule has 0 aliphatic carbocycles. The SMILES string of the molecule is CN(C)CCOc1cccc(CN2CCC3(CC2)C[C@H](O)CO3)c1. The number of aliphatic hydroxyl groups is 1. The Morgan fingerprint density at radius 2 is 2.12 bits per heavy atom. The first-order valence-corrected chi connectivity index (χ1v) is 8.96. The summed E-state index contributed by atoms with van der Waals surface area (Å²) >= 11 is 0. The number of benzene rings is 1. The predicted octanol–water partition coefficient (Wildman–Crippen LogP) is 1.74. The number of likely N-dealkylation sites (N-methyl/N-ethyl adjacent to an activating group) is 1. The van der Waals surface area contributed by atoms with Gasteiger partial charge in [0.25, 0.3) is 0 Å². The molecule has 2 aliphatic heterocycles. The monoisotopic (exact) mass is 334 g/mol. The average molecular weight is 334 g/mol. The van der Waals surface area contributed by atoms with Crippen LogP contribution in [0.15, 0.2) is 24.3 Å². The van der Waals surface area contributed by atoms with Gasteiger partial charge in [-0.15, -0.1) is 0 Å². The van der Waals surface area contributed by atoms with Gasteiger partial charge >= 0.3 is 0 Å². The van der Waals surface area contributed by atoms with Crippen LogP contribution < -0.4 is 4.74 Å². The van der Waals surface area contributed by atoms with E-state index < -0.39 is 0 Å². The summed E-state index contributed by atoms with van der Waals surface area (Å²) in [6.07, 6.45) is 2.56. The van der Waals surface area contributed by atoms with E-state index in [4.69, 9.17) is 9.47 Å². The third-order valence-corrected chi connectivity index (χ3v) is 5.07. The molecule has 1 spiro atoms. The number of nitrogens with zero attached hydrogens (tertiary/aromatic N) is 2. The fraction of sp³-hybridized carbons (Fsp3) is 0.684. The van der Waals surface area contributed by atoms with Crippen molar-refractivity contribution >= 4 is 0 Å². The summed E-state index contributed by atoms with van der Waals surface area (Å²) in [7, 11) is 4.10. The lowest BCUT2D eigenvalue weighted by molar-refractivity contribution is -0.0456. The first-order chi connectivity index (χ1) is 11.5. The van der Waals surface area contributed by atoms with Crippen LogP contribution >= 0.6 is 0 Å². The largest absolute Gasteiger partial charge is 0.492 e. The quantitative estimate of drug-likeness (QED) is 0.859. The Hall–Kier alpha value is -1.14. The highest BCUT2D eigenvalue weighted by Gasteiger charge is 2.41. The van der Waals surface area contributed by atoms with Crippen LogP contribution in [0.25, 0.3) is 0 Å². The predicted molar refractivity (Wildman–Crippen MR) is 94.3 cm³/mol. The number of likely N-dealkylation sites (tertiary alicyclic amines) is 1. The minimum Gasteiger partial charge on any atom is -0.492 e. The molecule has 1 atom stereocenters. The van der Waals surface area contributed by atoms with Crippen LogP contribution in [-0.4, -0.2) is 73.6 Å². The molecule has 2 fully saturated rings. The highest BCUT2D eigenvalue weighted by Crippen LogP contribution is 2.36. The Kier molecular flexibility index (Phi) is 5.76. The lowest BCUT2D eigenvalue weighted by atomic mass is 9.88. The molecule has 0 bridgehead atoms. The molecule has 0 aromatic heterocycles. The Balaban J connectivity index is 1.48. The maximum absolute atomic E-state index is 9.73. The second-order valence-electron chi connectivity index (χ2n) is 7.43. The standard InChI is InChI=1S/C19H30N2O3/c1-20(2)10-11-23-18-5-3-4-16(12-18)14-21-8-6-19(7-9-21)13-17(22)15-24-19/h3-5,12,17,22H,6-11,13-15H2,1-2H3/t17-/m0/s1. The van der Waals surface area contributed by atoms with Gasteiger partial charge in [0.15, 0.2) is 0 Å². The summed E-state index contributed by atoms with van der Waals surface area (Å²) in [4.78, 5) is 4.59. The van der Waals surface area contributed by atoms with Gasteiger partial charge in [0.2, 0.25) is 0 Å². The van der Waals surface area contributed by atoms with Gasteiger partial charge in [-0.05, 0) is 44.6 Å². The van der Waals surface area contributed by atoms with Crippen LogP contribution in [0, 0.1) is 0 Å². The molecular weight excluding hydrogens is 304 g/mol. The summed E-state index contributed by atoms with van der Waals surface area (Å²) in [5.74, 6) is 0.949. The maximum Gasteiger partial charge on any atom is 0.119 e. The number of ether oxygens (including phenoxy) is 2. The molecule has 24 heavy (non-hydrogen) atoms. The molecule has 0 amide bonds. The zero-order chi connectivity index (χ0) is 17.0. The normalized spacial score (nSPS) is 23.9. The topological polar surface area (TPSA) is 45.2 Å². The molecule has 2 saturated heterocycles. The van der Waals surface area contributed by atoms with Gasteiger partial charge in [0.1, 0.15) is 12.4 Å². The van der Waals surface area contributed by atoms with Crippen molar-refractivity contribution < 1.29 is 14.6 Å². The van der Waals surface area contributed by atoms with Gasteiger partial charge in [-0.3, -0.25) is 4.90 Å². The zero-order valence-electron chi connectivity index (χ0n) is 14.9. The van der Waals surface area contributed by atoms with Crippen LogP contribution in [-0.2, 0) is 11.3 Å². The van der Waals surface area contributed by atoms with E-state index in [-0.39, 0.29) is 11.7 Å². The van der Waals surface area contributed by atoms with E-state index in [0.717, 1.165) is 51.2 Å². The van der Waals surface area contributed by atoms with Crippen molar-refractivity contribution in [1.29, 1.82) is 0 Å². The van der Waals surface area contributed by atoms with Crippen LogP contribution in [0.4, 0.5) is 0 Å². The van der Waals surface area contributed by atoms with Gasteiger partial charge in [-0.2, -0.15) is 0 Å². The first-order valence-electron chi connectivity index (χ1n) is 8.96. The van der Waals surface area contributed by atoms with E-state index >= 15 is 0 Å². The highest BCUT2D eigenvalue weighted by atomic mass is 16.5. The van der Waals surface area contributed by atoms with E-state index in [0.29, 0.717) is 13.2 Å². The summed E-state index contributed by atoms with van der Waals surface area (Å²) in [6, 6.07) is 8.41. The van der Waals surface area contributed by atoms with Crippen molar-refractivity contribution in [1.82, 2.24) is 9.80 Å². The summed E-state index contributed by atoms with van der Waals surface area (Å²) in [6.45, 7) is 5.14. The molecule has 1 aromatic rings. The Labute approximate surface area is 145 Å². The average Bonchev–Trinajstić information content (AvgIpc) is 2.91. The van der Waals surface area contributed by atoms with Crippen molar-refractivity contribution in [2.24, 2.45) is 0 Å². The van der Waals surface area contributed by atoms with Crippen molar-refractivity contribution in [3.05, 3.63) is 29.8 Å². The second kappa shape index (κ2) is 7.83. The van der Waals surface area contributed by atoms with Crippen LogP contribution in [0.1, 0.15) is 24.8 Å². The zero-order valence-corrected chi connectivity index (χ0v) is 14.9. The van der Waals surface area contributed by atoms with Gasteiger partial charge in [-0.25, -0.2) is 0 Å². The third-order valence-electron chi connectivity index (χ3n) is 5.07. The third kappa shape index (κ3) is 4.70. The summed E-state index contributed by atoms with van der Waals surface area (Å²) < 4.78 is 11.7. The number of hydrogen-bond donors (Lipinski definition) is 1. The number of rotatable bonds is 6. The molecule has 134 valence electrons. The first kappa shape index (κ1) is 17.7. The molecular formula is C19H30N2O3. The van der Waals surface area contributed by atoms with E-state index in [1.165, 1.54) is 5.56 Å². The number of piperidine rings is 1. The van der Waals surface area contributed by atoms with Crippen molar-refractivity contribution in [3.8, 4) is 5.75 Å². The molecule has 0 radical (unpaired) electrons. The lowest BCUT2D eigenvalue weighted by Gasteiger charge is -2.38. The molecule has 1 N–H and O–H groups in total. The Morgan fingerprint density at radius 3 is 2.79 bits per heavy atom. The smallest absolute Gasteiger partial charge is 0.119 e. The van der Waals surface area contributed by atoms with E-state index in [2.05, 4.69) is 42.1 Å². The maximum atomic E-state index is 9.73. The molecule has 0 saturated carbocycles. The fourth-order valence-corrected chi connectivity index (χ4v) is 3.63. The van der Waals surface area contributed by atoms with Crippen LogP contribution in [0.2, 0.25) is 0 Å². The van der Waals surface area contributed by atoms with Gasteiger partial charge < -0.3 is 19.5 Å². The number of hydrogen-bond acceptors (Lipinski definition) is 5. The van der Waals surface area contributed by atoms with Crippen LogP contribution in [0.3, 0.4) is 0 Å². The van der Waals surface area contributed by atoms with E-state index in [9.17, 15) is 5.11 Å². The summed E-state index contributed by atoms with van der Waals surface area (Å²) in [5, 5.41) is 9.73. The van der Waals surface area contributed by atoms with Gasteiger partial charge in [0.05, 0.1) is 18.3 Å². The fourth-order valence-electron chi connectivity index (χ4n) is 3.63. The molecule has 2 heterocycles.